The zero-order valence-electron chi connectivity index (χ0n) is 11.1. The Labute approximate surface area is 134 Å². The summed E-state index contributed by atoms with van der Waals surface area (Å²) in [6.45, 7) is -0.786. The monoisotopic (exact) mass is 342 g/mol. The number of hydrogen-bond acceptors (Lipinski definition) is 5. The normalized spacial score (nSPS) is 10.5. The maximum atomic E-state index is 11.3. The van der Waals surface area contributed by atoms with Crippen LogP contribution >= 0.6 is 22.9 Å². The molecule has 0 radical (unpaired) electrons. The number of ether oxygens (including phenoxy) is 1. The lowest BCUT2D eigenvalue weighted by Gasteiger charge is -2.03. The standard InChI is InChI=1S/C14H11ClO6S/c15-10-11(21-6-9(17)18)13(14(19)20)22-12(10)8-3-1-7(5-16)2-4-8/h1-4,16H,5-6H2,(H,17,18)(H,19,20). The quantitative estimate of drug-likeness (QED) is 0.745. The summed E-state index contributed by atoms with van der Waals surface area (Å²) in [4.78, 5) is 22.1. The first kappa shape index (κ1) is 16.3. The van der Waals surface area contributed by atoms with Crippen LogP contribution in [0.2, 0.25) is 5.02 Å². The Morgan fingerprint density at radius 1 is 1.18 bits per heavy atom. The van der Waals surface area contributed by atoms with Gasteiger partial charge in [0.2, 0.25) is 0 Å². The number of aliphatic hydroxyl groups excluding tert-OH is 1. The summed E-state index contributed by atoms with van der Waals surface area (Å²) >= 11 is 7.05. The van der Waals surface area contributed by atoms with Crippen LogP contribution in [0.1, 0.15) is 15.2 Å². The molecule has 0 atom stereocenters. The SMILES string of the molecule is O=C(O)COc1c(C(=O)O)sc(-c2ccc(CO)cc2)c1Cl. The molecule has 0 fully saturated rings. The van der Waals surface area contributed by atoms with Gasteiger partial charge in [-0.05, 0) is 11.1 Å². The molecular formula is C14H11ClO6S. The van der Waals surface area contributed by atoms with E-state index in [9.17, 15) is 14.7 Å². The minimum Gasteiger partial charge on any atom is -0.479 e. The Morgan fingerprint density at radius 2 is 1.82 bits per heavy atom. The van der Waals surface area contributed by atoms with Crippen LogP contribution in [0.5, 0.6) is 5.75 Å². The van der Waals surface area contributed by atoms with Crippen LogP contribution in [0, 0.1) is 0 Å². The minimum atomic E-state index is -1.24. The lowest BCUT2D eigenvalue weighted by Crippen LogP contribution is -2.10. The first-order valence-corrected chi connectivity index (χ1v) is 7.23. The van der Waals surface area contributed by atoms with Crippen LogP contribution in [-0.2, 0) is 11.4 Å². The number of hydrogen-bond donors (Lipinski definition) is 3. The maximum absolute atomic E-state index is 11.3. The molecule has 1 aromatic heterocycles. The molecule has 6 nitrogen and oxygen atoms in total. The fraction of sp³-hybridized carbons (Fsp3) is 0.143. The van der Waals surface area contributed by atoms with Gasteiger partial charge >= 0.3 is 11.9 Å². The van der Waals surface area contributed by atoms with E-state index in [2.05, 4.69) is 0 Å². The smallest absolute Gasteiger partial charge is 0.349 e. The molecule has 0 aliphatic carbocycles. The van der Waals surface area contributed by atoms with Gasteiger partial charge in [0.15, 0.2) is 17.2 Å². The zero-order valence-corrected chi connectivity index (χ0v) is 12.6. The molecule has 0 bridgehead atoms. The Balaban J connectivity index is 2.45. The van der Waals surface area contributed by atoms with E-state index in [-0.39, 0.29) is 22.3 Å². The summed E-state index contributed by atoms with van der Waals surface area (Å²) in [7, 11) is 0. The molecule has 1 heterocycles. The first-order chi connectivity index (χ1) is 10.4. The predicted octanol–water partition coefficient (Wildman–Crippen LogP) is 2.72. The van der Waals surface area contributed by atoms with Crippen molar-refractivity contribution < 1.29 is 29.6 Å². The van der Waals surface area contributed by atoms with E-state index in [1.54, 1.807) is 24.3 Å². The van der Waals surface area contributed by atoms with Crippen molar-refractivity contribution >= 4 is 34.9 Å². The summed E-state index contributed by atoms with van der Waals surface area (Å²) < 4.78 is 5.00. The Bertz CT molecular complexity index is 707. The zero-order chi connectivity index (χ0) is 16.3. The minimum absolute atomic E-state index is 0.0559. The number of carboxylic acids is 2. The van der Waals surface area contributed by atoms with E-state index in [1.165, 1.54) is 0 Å². The van der Waals surface area contributed by atoms with Gasteiger partial charge in [0.1, 0.15) is 5.02 Å². The largest absolute Gasteiger partial charge is 0.479 e. The van der Waals surface area contributed by atoms with Gasteiger partial charge in [0, 0.05) is 0 Å². The van der Waals surface area contributed by atoms with Crippen molar-refractivity contribution in [3.8, 4) is 16.2 Å². The second-order valence-electron chi connectivity index (χ2n) is 4.25. The van der Waals surface area contributed by atoms with Crippen molar-refractivity contribution in [2.75, 3.05) is 6.61 Å². The van der Waals surface area contributed by atoms with Crippen molar-refractivity contribution in [2.45, 2.75) is 6.61 Å². The summed E-state index contributed by atoms with van der Waals surface area (Å²) in [5.74, 6) is -2.62. The Kier molecular flexibility index (Phi) is 5.02. The molecular weight excluding hydrogens is 332 g/mol. The van der Waals surface area contributed by atoms with E-state index < -0.39 is 18.5 Å². The molecule has 116 valence electrons. The number of aromatic carboxylic acids is 1. The van der Waals surface area contributed by atoms with Crippen LogP contribution in [0.25, 0.3) is 10.4 Å². The summed E-state index contributed by atoms with van der Waals surface area (Å²) in [6.07, 6.45) is 0. The third kappa shape index (κ3) is 3.38. The molecule has 1 aromatic carbocycles. The Morgan fingerprint density at radius 3 is 2.32 bits per heavy atom. The van der Waals surface area contributed by atoms with E-state index in [1.807, 2.05) is 0 Å². The molecule has 0 aliphatic heterocycles. The molecule has 0 unspecified atom stereocenters. The number of carboxylic acid groups (broad SMARTS) is 2. The first-order valence-electron chi connectivity index (χ1n) is 6.04. The molecule has 0 aliphatic rings. The summed E-state index contributed by atoms with van der Waals surface area (Å²) in [5.41, 5.74) is 1.36. The van der Waals surface area contributed by atoms with Crippen LogP contribution < -0.4 is 4.74 Å². The molecule has 0 saturated heterocycles. The molecule has 2 rings (SSSR count). The number of rotatable bonds is 6. The topological polar surface area (TPSA) is 104 Å². The second kappa shape index (κ2) is 6.78. The second-order valence-corrected chi connectivity index (χ2v) is 5.64. The average Bonchev–Trinajstić information content (AvgIpc) is 2.82. The molecule has 8 heteroatoms. The third-order valence-electron chi connectivity index (χ3n) is 2.74. The molecule has 22 heavy (non-hydrogen) atoms. The highest BCUT2D eigenvalue weighted by molar-refractivity contribution is 7.18. The van der Waals surface area contributed by atoms with Crippen molar-refractivity contribution in [1.82, 2.24) is 0 Å². The van der Waals surface area contributed by atoms with Crippen LogP contribution in [0.3, 0.4) is 0 Å². The van der Waals surface area contributed by atoms with E-state index >= 15 is 0 Å². The number of aliphatic hydroxyl groups is 1. The molecule has 3 N–H and O–H groups in total. The van der Waals surface area contributed by atoms with Crippen molar-refractivity contribution in [2.24, 2.45) is 0 Å². The molecule has 0 spiro atoms. The molecule has 0 amide bonds. The highest BCUT2D eigenvalue weighted by Gasteiger charge is 2.24. The van der Waals surface area contributed by atoms with E-state index in [0.717, 1.165) is 11.3 Å². The highest BCUT2D eigenvalue weighted by atomic mass is 35.5. The summed E-state index contributed by atoms with van der Waals surface area (Å²) in [6, 6.07) is 6.75. The van der Waals surface area contributed by atoms with Crippen LogP contribution in [0.4, 0.5) is 0 Å². The maximum Gasteiger partial charge on any atom is 0.349 e. The lowest BCUT2D eigenvalue weighted by atomic mass is 10.1. The van der Waals surface area contributed by atoms with Gasteiger partial charge < -0.3 is 20.1 Å². The van der Waals surface area contributed by atoms with Gasteiger partial charge in [-0.15, -0.1) is 11.3 Å². The van der Waals surface area contributed by atoms with Crippen LogP contribution in [0.15, 0.2) is 24.3 Å². The highest BCUT2D eigenvalue weighted by Crippen LogP contribution is 2.45. The number of benzene rings is 1. The van der Waals surface area contributed by atoms with Gasteiger partial charge in [-0.2, -0.15) is 0 Å². The van der Waals surface area contributed by atoms with Crippen molar-refractivity contribution in [3.05, 3.63) is 39.7 Å². The average molecular weight is 343 g/mol. The van der Waals surface area contributed by atoms with Crippen molar-refractivity contribution in [3.63, 3.8) is 0 Å². The van der Waals surface area contributed by atoms with Gasteiger partial charge in [-0.3, -0.25) is 0 Å². The molecule has 2 aromatic rings. The van der Waals surface area contributed by atoms with E-state index in [4.69, 9.17) is 26.6 Å². The number of thiophene rings is 1. The number of carbonyl (C=O) groups is 2. The van der Waals surface area contributed by atoms with Gasteiger partial charge in [0.25, 0.3) is 0 Å². The van der Waals surface area contributed by atoms with Gasteiger partial charge in [-0.1, -0.05) is 35.9 Å². The number of aliphatic carboxylic acids is 1. The fourth-order valence-electron chi connectivity index (χ4n) is 1.75. The van der Waals surface area contributed by atoms with Gasteiger partial charge in [0.05, 0.1) is 11.5 Å². The van der Waals surface area contributed by atoms with Crippen LogP contribution in [-0.4, -0.2) is 33.9 Å². The van der Waals surface area contributed by atoms with Crippen molar-refractivity contribution in [1.29, 1.82) is 0 Å². The van der Waals surface area contributed by atoms with Gasteiger partial charge in [-0.25, -0.2) is 9.59 Å². The molecule has 0 saturated carbocycles. The Hall–Kier alpha value is -2.09. The summed E-state index contributed by atoms with van der Waals surface area (Å²) in [5, 5.41) is 26.9. The van der Waals surface area contributed by atoms with E-state index in [0.29, 0.717) is 16.0 Å². The lowest BCUT2D eigenvalue weighted by molar-refractivity contribution is -0.139. The number of halogens is 1. The third-order valence-corrected chi connectivity index (χ3v) is 4.42. The predicted molar refractivity (Wildman–Crippen MR) is 80.8 cm³/mol. The fourth-order valence-corrected chi connectivity index (χ4v) is 3.16.